The van der Waals surface area contributed by atoms with Crippen LogP contribution in [0.4, 0.5) is 4.39 Å². The highest BCUT2D eigenvalue weighted by Crippen LogP contribution is 2.28. The van der Waals surface area contributed by atoms with E-state index in [-0.39, 0.29) is 11.9 Å². The van der Waals surface area contributed by atoms with Gasteiger partial charge >= 0.3 is 0 Å². The highest BCUT2D eigenvalue weighted by Gasteiger charge is 2.22. The van der Waals surface area contributed by atoms with Crippen molar-refractivity contribution in [2.24, 2.45) is 0 Å². The van der Waals surface area contributed by atoms with Crippen LogP contribution < -0.4 is 10.1 Å². The minimum atomic E-state index is -0.216. The first kappa shape index (κ1) is 12.2. The molecule has 0 aliphatic carbocycles. The summed E-state index contributed by atoms with van der Waals surface area (Å²) in [5.74, 6) is 2.03. The molecule has 1 aromatic heterocycles. The fraction of sp³-hybridized carbons (Fsp3) is 0.357. The number of nitrogens with one attached hydrogen (secondary N) is 1. The zero-order valence-corrected chi connectivity index (χ0v) is 10.6. The van der Waals surface area contributed by atoms with Gasteiger partial charge in [-0.25, -0.2) is 9.37 Å². The molecular formula is C14H15FN2O2. The Morgan fingerprint density at radius 3 is 3.16 bits per heavy atom. The third-order valence-corrected chi connectivity index (χ3v) is 3.08. The summed E-state index contributed by atoms with van der Waals surface area (Å²) in [5.41, 5.74) is 0.929. The van der Waals surface area contributed by atoms with Crippen LogP contribution in [0.5, 0.6) is 5.75 Å². The first-order chi connectivity index (χ1) is 9.20. The number of halogens is 1. The molecule has 1 aliphatic rings. The van der Waals surface area contributed by atoms with Gasteiger partial charge in [0, 0.05) is 18.5 Å². The molecule has 0 bridgehead atoms. The van der Waals surface area contributed by atoms with E-state index >= 15 is 0 Å². The molecule has 5 heteroatoms. The van der Waals surface area contributed by atoms with Gasteiger partial charge in [-0.05, 0) is 25.1 Å². The number of fused-ring (bicyclic) bond motifs is 1. The largest absolute Gasteiger partial charge is 0.488 e. The molecular weight excluding hydrogens is 247 g/mol. The predicted octanol–water partition coefficient (Wildman–Crippen LogP) is 2.22. The molecule has 1 aromatic carbocycles. The van der Waals surface area contributed by atoms with Crippen molar-refractivity contribution in [2.75, 3.05) is 6.54 Å². The van der Waals surface area contributed by atoms with Gasteiger partial charge < -0.3 is 14.5 Å². The van der Waals surface area contributed by atoms with Crippen molar-refractivity contribution < 1.29 is 13.5 Å². The summed E-state index contributed by atoms with van der Waals surface area (Å²) in [5, 5.41) is 3.23. The number of oxazole rings is 1. The number of aryl methyl sites for hydroxylation is 1. The number of rotatable bonds is 4. The molecule has 0 fully saturated rings. The minimum absolute atomic E-state index is 0.0351. The monoisotopic (exact) mass is 262 g/mol. The van der Waals surface area contributed by atoms with E-state index in [1.165, 1.54) is 12.1 Å². The standard InChI is InChI=1S/C14H15FN2O2/c1-9-6-17-14(18-9)8-16-7-12-5-10-4-11(15)2-3-13(10)19-12/h2-4,6,12,16H,5,7-8H2,1H3. The molecule has 4 nitrogen and oxygen atoms in total. The highest BCUT2D eigenvalue weighted by atomic mass is 19.1. The number of benzene rings is 1. The first-order valence-corrected chi connectivity index (χ1v) is 6.28. The Kier molecular flexibility index (Phi) is 3.21. The maximum Gasteiger partial charge on any atom is 0.208 e. The molecule has 2 heterocycles. The Hall–Kier alpha value is -1.88. The Morgan fingerprint density at radius 1 is 1.47 bits per heavy atom. The smallest absolute Gasteiger partial charge is 0.208 e. The third-order valence-electron chi connectivity index (χ3n) is 3.08. The average Bonchev–Trinajstić information content (AvgIpc) is 2.95. The average molecular weight is 262 g/mol. The number of hydrogen-bond donors (Lipinski definition) is 1. The van der Waals surface area contributed by atoms with E-state index < -0.39 is 0 Å². The Labute approximate surface area is 110 Å². The van der Waals surface area contributed by atoms with Crippen LogP contribution in [0.15, 0.2) is 28.8 Å². The Bertz CT molecular complexity index is 583. The van der Waals surface area contributed by atoms with Crippen LogP contribution >= 0.6 is 0 Å². The van der Waals surface area contributed by atoms with Gasteiger partial charge in [0.05, 0.1) is 12.7 Å². The number of hydrogen-bond acceptors (Lipinski definition) is 4. The lowest BCUT2D eigenvalue weighted by atomic mass is 10.1. The van der Waals surface area contributed by atoms with Crippen LogP contribution in [0.1, 0.15) is 17.2 Å². The van der Waals surface area contributed by atoms with Crippen molar-refractivity contribution in [1.29, 1.82) is 0 Å². The number of nitrogens with zero attached hydrogens (tertiary/aromatic N) is 1. The zero-order chi connectivity index (χ0) is 13.2. The third kappa shape index (κ3) is 2.76. The SMILES string of the molecule is Cc1cnc(CNCC2Cc3cc(F)ccc3O2)o1. The van der Waals surface area contributed by atoms with Crippen molar-refractivity contribution in [1.82, 2.24) is 10.3 Å². The van der Waals surface area contributed by atoms with E-state index in [2.05, 4.69) is 10.3 Å². The lowest BCUT2D eigenvalue weighted by Gasteiger charge is -2.10. The minimum Gasteiger partial charge on any atom is -0.488 e. The Morgan fingerprint density at radius 2 is 2.37 bits per heavy atom. The van der Waals surface area contributed by atoms with Crippen molar-refractivity contribution >= 4 is 0 Å². The van der Waals surface area contributed by atoms with Crippen molar-refractivity contribution in [2.45, 2.75) is 26.0 Å². The van der Waals surface area contributed by atoms with Gasteiger partial charge in [0.1, 0.15) is 23.4 Å². The molecule has 0 saturated heterocycles. The van der Waals surface area contributed by atoms with Crippen LogP contribution in [0.3, 0.4) is 0 Å². The molecule has 1 N–H and O–H groups in total. The summed E-state index contributed by atoms with van der Waals surface area (Å²) < 4.78 is 24.2. The van der Waals surface area contributed by atoms with E-state index in [0.29, 0.717) is 19.0 Å². The molecule has 0 radical (unpaired) electrons. The summed E-state index contributed by atoms with van der Waals surface area (Å²) in [6.07, 6.45) is 2.46. The molecule has 1 atom stereocenters. The summed E-state index contributed by atoms with van der Waals surface area (Å²) in [6, 6.07) is 4.64. The predicted molar refractivity (Wildman–Crippen MR) is 67.5 cm³/mol. The summed E-state index contributed by atoms with van der Waals surface area (Å²) in [6.45, 7) is 3.11. The van der Waals surface area contributed by atoms with Gasteiger partial charge in [-0.15, -0.1) is 0 Å². The quantitative estimate of drug-likeness (QED) is 0.917. The van der Waals surface area contributed by atoms with Gasteiger partial charge in [-0.1, -0.05) is 0 Å². The molecule has 1 aliphatic heterocycles. The second kappa shape index (κ2) is 5.01. The van der Waals surface area contributed by atoms with E-state index in [1.54, 1.807) is 12.3 Å². The van der Waals surface area contributed by atoms with E-state index in [9.17, 15) is 4.39 Å². The molecule has 100 valence electrons. The van der Waals surface area contributed by atoms with Crippen molar-refractivity contribution in [3.63, 3.8) is 0 Å². The van der Waals surface area contributed by atoms with Gasteiger partial charge in [-0.2, -0.15) is 0 Å². The lowest BCUT2D eigenvalue weighted by molar-refractivity contribution is 0.225. The summed E-state index contributed by atoms with van der Waals surface area (Å²) >= 11 is 0. The zero-order valence-electron chi connectivity index (χ0n) is 10.6. The normalized spacial score (nSPS) is 17.3. The Balaban J connectivity index is 1.51. The molecule has 2 aromatic rings. The maximum atomic E-state index is 13.1. The second-order valence-electron chi connectivity index (χ2n) is 4.69. The fourth-order valence-corrected chi connectivity index (χ4v) is 2.23. The topological polar surface area (TPSA) is 47.3 Å². The molecule has 1 unspecified atom stereocenters. The molecule has 0 spiro atoms. The summed E-state index contributed by atoms with van der Waals surface area (Å²) in [4.78, 5) is 4.11. The van der Waals surface area contributed by atoms with Gasteiger partial charge in [0.25, 0.3) is 0 Å². The molecule has 0 amide bonds. The van der Waals surface area contributed by atoms with E-state index in [4.69, 9.17) is 9.15 Å². The van der Waals surface area contributed by atoms with Crippen molar-refractivity contribution in [3.8, 4) is 5.75 Å². The second-order valence-corrected chi connectivity index (χ2v) is 4.69. The first-order valence-electron chi connectivity index (χ1n) is 6.28. The number of aromatic nitrogens is 1. The lowest BCUT2D eigenvalue weighted by Crippen LogP contribution is -2.29. The van der Waals surface area contributed by atoms with E-state index in [0.717, 1.165) is 23.5 Å². The maximum absolute atomic E-state index is 13.1. The van der Waals surface area contributed by atoms with Crippen LogP contribution in [-0.4, -0.2) is 17.6 Å². The van der Waals surface area contributed by atoms with Crippen LogP contribution in [0.25, 0.3) is 0 Å². The van der Waals surface area contributed by atoms with Gasteiger partial charge in [-0.3, -0.25) is 0 Å². The highest BCUT2D eigenvalue weighted by molar-refractivity contribution is 5.37. The van der Waals surface area contributed by atoms with Crippen LogP contribution in [0, 0.1) is 12.7 Å². The molecule has 19 heavy (non-hydrogen) atoms. The van der Waals surface area contributed by atoms with E-state index in [1.807, 2.05) is 6.92 Å². The molecule has 3 rings (SSSR count). The van der Waals surface area contributed by atoms with Gasteiger partial charge in [0.15, 0.2) is 0 Å². The number of ether oxygens (including phenoxy) is 1. The molecule has 0 saturated carbocycles. The fourth-order valence-electron chi connectivity index (χ4n) is 2.23. The van der Waals surface area contributed by atoms with Crippen molar-refractivity contribution in [3.05, 3.63) is 47.4 Å². The van der Waals surface area contributed by atoms with Gasteiger partial charge in [0.2, 0.25) is 5.89 Å². The summed E-state index contributed by atoms with van der Waals surface area (Å²) in [7, 11) is 0. The van der Waals surface area contributed by atoms with Crippen LogP contribution in [0.2, 0.25) is 0 Å². The van der Waals surface area contributed by atoms with Crippen LogP contribution in [-0.2, 0) is 13.0 Å².